The molecule has 0 bridgehead atoms. The van der Waals surface area contributed by atoms with Gasteiger partial charge in [0, 0.05) is 29.9 Å². The van der Waals surface area contributed by atoms with Crippen molar-refractivity contribution in [2.75, 3.05) is 0 Å². The molecule has 3 nitrogen and oxygen atoms in total. The first kappa shape index (κ1) is 19.0. The Kier molecular flexibility index (Phi) is 5.46. The highest BCUT2D eigenvalue weighted by Crippen LogP contribution is 2.27. The fraction of sp³-hybridized carbons (Fsp3) is 0.120. The highest BCUT2D eigenvalue weighted by molar-refractivity contribution is 6.30. The third kappa shape index (κ3) is 4.39. The van der Waals surface area contributed by atoms with Crippen LogP contribution in [0.3, 0.4) is 0 Å². The Morgan fingerprint density at radius 2 is 1.79 bits per heavy atom. The monoisotopic (exact) mass is 397 g/mol. The van der Waals surface area contributed by atoms with Gasteiger partial charge < -0.3 is 4.57 Å². The van der Waals surface area contributed by atoms with Crippen LogP contribution in [0, 0.1) is 18.3 Å². The van der Waals surface area contributed by atoms with Gasteiger partial charge >= 0.3 is 0 Å². The number of halogens is 1. The Bertz CT molecular complexity index is 1180. The zero-order valence-electron chi connectivity index (χ0n) is 16.1. The van der Waals surface area contributed by atoms with Crippen molar-refractivity contribution in [2.24, 2.45) is 0 Å². The Labute approximate surface area is 175 Å². The van der Waals surface area contributed by atoms with Gasteiger partial charge in [-0.15, -0.1) is 0 Å². The van der Waals surface area contributed by atoms with Gasteiger partial charge in [0.05, 0.1) is 18.0 Å². The van der Waals surface area contributed by atoms with E-state index in [-0.39, 0.29) is 0 Å². The lowest BCUT2D eigenvalue weighted by atomic mass is 9.98. The molecule has 0 amide bonds. The van der Waals surface area contributed by atoms with E-state index >= 15 is 0 Å². The van der Waals surface area contributed by atoms with E-state index in [9.17, 15) is 0 Å². The molecule has 0 N–H and O–H groups in total. The average molecular weight is 398 g/mol. The standard InChI is InChI=1S/C25H20ClN3/c1-18-11-21(9-10-25(18)22-3-2-4-23(26)13-22)16-29-17-28-15-24(29)12-19-5-7-20(14-27)8-6-19/h2-11,13,15,17H,12,16H2,1H3. The molecule has 0 fully saturated rings. The molecule has 0 aliphatic heterocycles. The Hall–Kier alpha value is -3.35. The molecular formula is C25H20ClN3. The van der Waals surface area contributed by atoms with Crippen LogP contribution in [0.25, 0.3) is 11.1 Å². The SMILES string of the molecule is Cc1cc(Cn2cncc2Cc2ccc(C#N)cc2)ccc1-c1cccc(Cl)c1. The van der Waals surface area contributed by atoms with Crippen LogP contribution in [0.2, 0.25) is 5.02 Å². The van der Waals surface area contributed by atoms with Gasteiger partial charge in [-0.05, 0) is 59.0 Å². The topological polar surface area (TPSA) is 41.6 Å². The molecule has 0 atom stereocenters. The van der Waals surface area contributed by atoms with Crippen molar-refractivity contribution in [3.8, 4) is 17.2 Å². The molecule has 4 heteroatoms. The van der Waals surface area contributed by atoms with Crippen molar-refractivity contribution in [1.82, 2.24) is 9.55 Å². The third-order valence-electron chi connectivity index (χ3n) is 5.05. The minimum atomic E-state index is 0.678. The predicted octanol–water partition coefficient (Wildman–Crippen LogP) is 6.02. The fourth-order valence-corrected chi connectivity index (χ4v) is 3.74. The molecule has 0 aliphatic carbocycles. The maximum absolute atomic E-state index is 8.95. The lowest BCUT2D eigenvalue weighted by Gasteiger charge is -2.12. The number of benzene rings is 3. The molecule has 0 unspecified atom stereocenters. The minimum Gasteiger partial charge on any atom is -0.330 e. The number of rotatable bonds is 5. The number of nitriles is 1. The zero-order valence-corrected chi connectivity index (χ0v) is 16.9. The molecule has 3 aromatic carbocycles. The maximum Gasteiger partial charge on any atom is 0.0991 e. The summed E-state index contributed by atoms with van der Waals surface area (Å²) in [4.78, 5) is 4.34. The van der Waals surface area contributed by atoms with Crippen molar-refractivity contribution in [3.05, 3.63) is 112 Å². The minimum absolute atomic E-state index is 0.678. The maximum atomic E-state index is 8.95. The van der Waals surface area contributed by atoms with Crippen molar-refractivity contribution in [1.29, 1.82) is 5.26 Å². The van der Waals surface area contributed by atoms with Gasteiger partial charge in [-0.25, -0.2) is 4.98 Å². The third-order valence-corrected chi connectivity index (χ3v) is 5.28. The molecule has 1 heterocycles. The summed E-state index contributed by atoms with van der Waals surface area (Å²) in [6, 6.07) is 24.4. The van der Waals surface area contributed by atoms with Gasteiger partial charge in [0.25, 0.3) is 0 Å². The molecule has 0 aliphatic rings. The fourth-order valence-electron chi connectivity index (χ4n) is 3.54. The van der Waals surface area contributed by atoms with E-state index < -0.39 is 0 Å². The molecule has 0 saturated heterocycles. The summed E-state index contributed by atoms with van der Waals surface area (Å²) in [7, 11) is 0. The largest absolute Gasteiger partial charge is 0.330 e. The highest BCUT2D eigenvalue weighted by atomic mass is 35.5. The van der Waals surface area contributed by atoms with Crippen LogP contribution in [0.4, 0.5) is 0 Å². The summed E-state index contributed by atoms with van der Waals surface area (Å²) in [5, 5.41) is 9.70. The number of aryl methyl sites for hydroxylation is 1. The number of nitrogens with zero attached hydrogens (tertiary/aromatic N) is 3. The molecule has 0 radical (unpaired) electrons. The molecule has 1 aromatic heterocycles. The molecular weight excluding hydrogens is 378 g/mol. The van der Waals surface area contributed by atoms with Crippen molar-refractivity contribution >= 4 is 11.6 Å². The lowest BCUT2D eigenvalue weighted by molar-refractivity contribution is 0.753. The summed E-state index contributed by atoms with van der Waals surface area (Å²) >= 11 is 6.15. The second-order valence-electron chi connectivity index (χ2n) is 7.16. The number of aromatic nitrogens is 2. The number of hydrogen-bond acceptors (Lipinski definition) is 2. The van der Waals surface area contributed by atoms with Crippen LogP contribution in [0.1, 0.15) is 27.9 Å². The van der Waals surface area contributed by atoms with E-state index in [4.69, 9.17) is 16.9 Å². The van der Waals surface area contributed by atoms with Gasteiger partial charge in [-0.3, -0.25) is 0 Å². The summed E-state index contributed by atoms with van der Waals surface area (Å²) in [5.41, 5.74) is 7.76. The smallest absolute Gasteiger partial charge is 0.0991 e. The molecule has 4 aromatic rings. The van der Waals surface area contributed by atoms with Crippen molar-refractivity contribution in [3.63, 3.8) is 0 Å². The second-order valence-corrected chi connectivity index (χ2v) is 7.59. The van der Waals surface area contributed by atoms with E-state index in [0.29, 0.717) is 5.56 Å². The number of imidazole rings is 1. The van der Waals surface area contributed by atoms with Crippen molar-refractivity contribution in [2.45, 2.75) is 19.9 Å². The van der Waals surface area contributed by atoms with E-state index in [1.165, 1.54) is 22.3 Å². The van der Waals surface area contributed by atoms with E-state index in [2.05, 4.69) is 46.8 Å². The van der Waals surface area contributed by atoms with Gasteiger partial charge in [0.15, 0.2) is 0 Å². The summed E-state index contributed by atoms with van der Waals surface area (Å²) in [6.45, 7) is 2.90. The summed E-state index contributed by atoms with van der Waals surface area (Å²) in [5.74, 6) is 0. The molecule has 0 spiro atoms. The normalized spacial score (nSPS) is 10.7. The van der Waals surface area contributed by atoms with E-state index in [1.54, 1.807) is 0 Å². The summed E-state index contributed by atoms with van der Waals surface area (Å²) in [6.07, 6.45) is 4.57. The number of hydrogen-bond donors (Lipinski definition) is 0. The Morgan fingerprint density at radius 3 is 2.52 bits per heavy atom. The molecule has 0 saturated carbocycles. The van der Waals surface area contributed by atoms with Crippen LogP contribution < -0.4 is 0 Å². The van der Waals surface area contributed by atoms with Crippen LogP contribution in [0.15, 0.2) is 79.3 Å². The first-order chi connectivity index (χ1) is 14.1. The Morgan fingerprint density at radius 1 is 1.00 bits per heavy atom. The quantitative estimate of drug-likeness (QED) is 0.413. The van der Waals surface area contributed by atoms with Gasteiger partial charge in [0.2, 0.25) is 0 Å². The molecule has 4 rings (SSSR count). The predicted molar refractivity (Wildman–Crippen MR) is 117 cm³/mol. The molecule has 29 heavy (non-hydrogen) atoms. The lowest BCUT2D eigenvalue weighted by Crippen LogP contribution is -2.04. The zero-order chi connectivity index (χ0) is 20.2. The average Bonchev–Trinajstić information content (AvgIpc) is 3.15. The second kappa shape index (κ2) is 8.34. The van der Waals surface area contributed by atoms with E-state index in [0.717, 1.165) is 29.2 Å². The molecule has 142 valence electrons. The first-order valence-corrected chi connectivity index (χ1v) is 9.84. The Balaban J connectivity index is 1.53. The van der Waals surface area contributed by atoms with Crippen LogP contribution in [-0.4, -0.2) is 9.55 Å². The van der Waals surface area contributed by atoms with Gasteiger partial charge in [-0.2, -0.15) is 5.26 Å². The first-order valence-electron chi connectivity index (χ1n) is 9.46. The highest BCUT2D eigenvalue weighted by Gasteiger charge is 2.08. The summed E-state index contributed by atoms with van der Waals surface area (Å²) < 4.78 is 2.17. The van der Waals surface area contributed by atoms with Crippen LogP contribution in [-0.2, 0) is 13.0 Å². The van der Waals surface area contributed by atoms with Crippen LogP contribution >= 0.6 is 11.6 Å². The van der Waals surface area contributed by atoms with Gasteiger partial charge in [-0.1, -0.05) is 54.1 Å². The van der Waals surface area contributed by atoms with Crippen LogP contribution in [0.5, 0.6) is 0 Å². The van der Waals surface area contributed by atoms with Crippen molar-refractivity contribution < 1.29 is 0 Å². The van der Waals surface area contributed by atoms with Gasteiger partial charge in [0.1, 0.15) is 0 Å². The van der Waals surface area contributed by atoms with E-state index in [1.807, 2.05) is 55.0 Å².